The molecular formula is C30H40ClN5O5. The fourth-order valence-corrected chi connectivity index (χ4v) is 6.55. The SMILES string of the molecule is Cl.O=C1N[C@H]2C[C@@H](C(=O)NC[C@H]3O[C@H](CCOc4cc(-c5ccncc5)ccc41)CC[C@@H]3O)N(C1CCNCC1)C2. The summed E-state index contributed by atoms with van der Waals surface area (Å²) in [5.41, 5.74) is 2.41. The molecule has 6 rings (SSSR count). The number of halogens is 1. The number of piperidine rings is 1. The van der Waals surface area contributed by atoms with Crippen LogP contribution in [0.3, 0.4) is 0 Å². The van der Waals surface area contributed by atoms with Gasteiger partial charge in [-0.15, -0.1) is 12.4 Å². The lowest BCUT2D eigenvalue weighted by Gasteiger charge is -2.36. The van der Waals surface area contributed by atoms with Crippen LogP contribution < -0.4 is 20.7 Å². The Hall–Kier alpha value is -2.76. The van der Waals surface area contributed by atoms with E-state index in [1.165, 1.54) is 0 Å². The molecule has 4 N–H and O–H groups in total. The lowest BCUT2D eigenvalue weighted by Crippen LogP contribution is -2.53. The Kier molecular flexibility index (Phi) is 9.77. The van der Waals surface area contributed by atoms with E-state index in [-0.39, 0.29) is 55.0 Å². The lowest BCUT2D eigenvalue weighted by atomic mass is 9.99. The van der Waals surface area contributed by atoms with Crippen LogP contribution in [0.15, 0.2) is 42.7 Å². The number of hydrogen-bond donors (Lipinski definition) is 4. The summed E-state index contributed by atoms with van der Waals surface area (Å²) in [4.78, 5) is 33.5. The zero-order chi connectivity index (χ0) is 27.5. The van der Waals surface area contributed by atoms with E-state index >= 15 is 0 Å². The van der Waals surface area contributed by atoms with Gasteiger partial charge in [0.1, 0.15) is 11.9 Å². The van der Waals surface area contributed by atoms with Crippen molar-refractivity contribution in [3.05, 3.63) is 48.3 Å². The van der Waals surface area contributed by atoms with Crippen molar-refractivity contribution in [1.82, 2.24) is 25.8 Å². The average molecular weight is 586 g/mol. The van der Waals surface area contributed by atoms with Gasteiger partial charge in [-0.25, -0.2) is 0 Å². The van der Waals surface area contributed by atoms with E-state index in [1.807, 2.05) is 30.3 Å². The molecule has 0 spiro atoms. The summed E-state index contributed by atoms with van der Waals surface area (Å²) in [5.74, 6) is 0.261. The van der Waals surface area contributed by atoms with Crippen LogP contribution in [0.5, 0.6) is 5.75 Å². The highest BCUT2D eigenvalue weighted by Gasteiger charge is 2.42. The maximum Gasteiger partial charge on any atom is 0.255 e. The molecule has 3 fully saturated rings. The van der Waals surface area contributed by atoms with Gasteiger partial charge in [-0.1, -0.05) is 6.07 Å². The number of aliphatic hydroxyl groups is 1. The zero-order valence-corrected chi connectivity index (χ0v) is 24.0. The van der Waals surface area contributed by atoms with Crippen LogP contribution in [0.2, 0.25) is 0 Å². The first-order valence-corrected chi connectivity index (χ1v) is 14.6. The Labute approximate surface area is 247 Å². The van der Waals surface area contributed by atoms with Crippen molar-refractivity contribution in [2.45, 2.75) is 75.0 Å². The molecule has 0 saturated carbocycles. The van der Waals surface area contributed by atoms with Crippen LogP contribution in [0.4, 0.5) is 0 Å². The van der Waals surface area contributed by atoms with E-state index in [4.69, 9.17) is 9.47 Å². The van der Waals surface area contributed by atoms with E-state index in [0.717, 1.165) is 37.1 Å². The second-order valence-electron chi connectivity index (χ2n) is 11.4. The Morgan fingerprint density at radius 2 is 1.78 bits per heavy atom. The number of aliphatic hydroxyl groups excluding tert-OH is 1. The molecule has 5 atom stereocenters. The standard InChI is InChI=1S/C30H39N5O5.ClH/c36-26-4-2-23-9-14-39-27-15-20(19-5-10-31-11-6-19)1-3-24(27)29(37)34-21-16-25(30(38)33-17-28(26)40-23)35(18-21)22-7-12-32-13-8-22;/h1,3,5-6,10-11,15,21-23,25-26,28,32,36H,2,4,7-9,12-14,16-18H2,(H,33,38)(H,34,37);1H/t21-,23-,25-,26-,28+;/m0./s1. The third-order valence-corrected chi connectivity index (χ3v) is 8.75. The minimum atomic E-state index is -0.615. The largest absolute Gasteiger partial charge is 0.493 e. The molecule has 5 heterocycles. The van der Waals surface area contributed by atoms with Crippen molar-refractivity contribution >= 4 is 24.2 Å². The number of nitrogens with zero attached hydrogens (tertiary/aromatic N) is 2. The summed E-state index contributed by atoms with van der Waals surface area (Å²) >= 11 is 0. The second-order valence-corrected chi connectivity index (χ2v) is 11.4. The molecular weight excluding hydrogens is 546 g/mol. The topological polar surface area (TPSA) is 125 Å². The van der Waals surface area contributed by atoms with Crippen LogP contribution in [0.25, 0.3) is 11.1 Å². The van der Waals surface area contributed by atoms with Crippen LogP contribution in [-0.2, 0) is 9.53 Å². The van der Waals surface area contributed by atoms with E-state index in [0.29, 0.717) is 50.1 Å². The summed E-state index contributed by atoms with van der Waals surface area (Å²) < 4.78 is 12.5. The van der Waals surface area contributed by atoms with Gasteiger partial charge in [-0.3, -0.25) is 19.5 Å². The maximum atomic E-state index is 13.6. The van der Waals surface area contributed by atoms with Crippen molar-refractivity contribution in [1.29, 1.82) is 0 Å². The first-order valence-electron chi connectivity index (χ1n) is 14.6. The van der Waals surface area contributed by atoms with E-state index in [2.05, 4.69) is 25.8 Å². The smallest absolute Gasteiger partial charge is 0.255 e. The Morgan fingerprint density at radius 3 is 2.59 bits per heavy atom. The van der Waals surface area contributed by atoms with Gasteiger partial charge in [-0.05, 0) is 80.6 Å². The van der Waals surface area contributed by atoms with Gasteiger partial charge in [0.2, 0.25) is 5.91 Å². The fraction of sp³-hybridized carbons (Fsp3) is 0.567. The van der Waals surface area contributed by atoms with Crippen LogP contribution in [-0.4, -0.2) is 96.0 Å². The first kappa shape index (κ1) is 29.7. The van der Waals surface area contributed by atoms with Gasteiger partial charge < -0.3 is 30.5 Å². The number of benzene rings is 1. The molecule has 4 bridgehead atoms. The lowest BCUT2D eigenvalue weighted by molar-refractivity contribution is -0.134. The van der Waals surface area contributed by atoms with Crippen LogP contribution >= 0.6 is 12.4 Å². The Bertz CT molecular complexity index is 1200. The van der Waals surface area contributed by atoms with Gasteiger partial charge in [0, 0.05) is 44.0 Å². The number of likely N-dealkylation sites (tertiary alicyclic amines) is 1. The number of carbonyl (C=O) groups is 2. The predicted octanol–water partition coefficient (Wildman–Crippen LogP) is 1.90. The predicted molar refractivity (Wildman–Crippen MR) is 156 cm³/mol. The number of ether oxygens (including phenoxy) is 2. The molecule has 1 aromatic carbocycles. The maximum absolute atomic E-state index is 13.6. The van der Waals surface area contributed by atoms with Crippen molar-refractivity contribution < 1.29 is 24.2 Å². The van der Waals surface area contributed by atoms with E-state index in [9.17, 15) is 14.7 Å². The average Bonchev–Trinajstić information content (AvgIpc) is 3.41. The van der Waals surface area contributed by atoms with Crippen molar-refractivity contribution in [2.24, 2.45) is 0 Å². The monoisotopic (exact) mass is 585 g/mol. The summed E-state index contributed by atoms with van der Waals surface area (Å²) in [7, 11) is 0. The number of pyridine rings is 1. The summed E-state index contributed by atoms with van der Waals surface area (Å²) in [5, 5.41) is 20.3. The normalized spacial score (nSPS) is 29.8. The van der Waals surface area contributed by atoms with Gasteiger partial charge >= 0.3 is 0 Å². The molecule has 4 aliphatic heterocycles. The van der Waals surface area contributed by atoms with Crippen LogP contribution in [0, 0.1) is 0 Å². The molecule has 0 aliphatic carbocycles. The molecule has 1 aromatic heterocycles. The Balaban J connectivity index is 0.00000337. The zero-order valence-electron chi connectivity index (χ0n) is 23.2. The summed E-state index contributed by atoms with van der Waals surface area (Å²) in [6, 6.07) is 9.28. The van der Waals surface area contributed by atoms with Gasteiger partial charge in [0.15, 0.2) is 0 Å². The first-order chi connectivity index (χ1) is 19.5. The number of fused-ring (bicyclic) bond motifs is 5. The van der Waals surface area contributed by atoms with Crippen molar-refractivity contribution in [2.75, 3.05) is 32.8 Å². The molecule has 3 saturated heterocycles. The number of hydrogen-bond acceptors (Lipinski definition) is 8. The summed E-state index contributed by atoms with van der Waals surface area (Å²) in [6.07, 6.45) is 6.73. The number of amides is 2. The molecule has 4 aliphatic rings. The number of aromatic nitrogens is 1. The molecule has 0 unspecified atom stereocenters. The van der Waals surface area contributed by atoms with Gasteiger partial charge in [0.05, 0.1) is 30.4 Å². The van der Waals surface area contributed by atoms with Crippen LogP contribution in [0.1, 0.15) is 48.9 Å². The van der Waals surface area contributed by atoms with Gasteiger partial charge in [-0.2, -0.15) is 0 Å². The van der Waals surface area contributed by atoms with E-state index in [1.54, 1.807) is 12.4 Å². The Morgan fingerprint density at radius 1 is 0.976 bits per heavy atom. The third kappa shape index (κ3) is 6.84. The molecule has 41 heavy (non-hydrogen) atoms. The molecule has 2 aromatic rings. The molecule has 222 valence electrons. The fourth-order valence-electron chi connectivity index (χ4n) is 6.55. The highest BCUT2D eigenvalue weighted by molar-refractivity contribution is 5.98. The number of rotatable bonds is 2. The van der Waals surface area contributed by atoms with Crippen molar-refractivity contribution in [3.8, 4) is 16.9 Å². The summed E-state index contributed by atoms with van der Waals surface area (Å²) in [6.45, 7) is 3.09. The van der Waals surface area contributed by atoms with E-state index < -0.39 is 12.2 Å². The van der Waals surface area contributed by atoms with Gasteiger partial charge in [0.25, 0.3) is 5.91 Å². The number of carbonyl (C=O) groups excluding carboxylic acids is 2. The quantitative estimate of drug-likeness (QED) is 0.421. The third-order valence-electron chi connectivity index (χ3n) is 8.75. The number of nitrogens with one attached hydrogen (secondary N) is 3. The minimum Gasteiger partial charge on any atom is -0.493 e. The molecule has 11 heteroatoms. The highest BCUT2D eigenvalue weighted by atomic mass is 35.5. The molecule has 0 radical (unpaired) electrons. The second kappa shape index (κ2) is 13.5. The molecule has 2 amide bonds. The highest BCUT2D eigenvalue weighted by Crippen LogP contribution is 2.30. The minimum absolute atomic E-state index is 0. The molecule has 10 nitrogen and oxygen atoms in total. The van der Waals surface area contributed by atoms with Crippen molar-refractivity contribution in [3.63, 3.8) is 0 Å².